The molecule has 1 heterocycles. The molecule has 0 fully saturated rings. The van der Waals surface area contributed by atoms with Gasteiger partial charge in [-0.15, -0.1) is 0 Å². The molecule has 0 aliphatic heterocycles. The maximum absolute atomic E-state index is 13.1. The van der Waals surface area contributed by atoms with Crippen molar-refractivity contribution in [1.29, 1.82) is 0 Å². The first kappa shape index (κ1) is 14.3. The summed E-state index contributed by atoms with van der Waals surface area (Å²) < 4.78 is 18.5. The van der Waals surface area contributed by atoms with Crippen molar-refractivity contribution in [3.05, 3.63) is 58.8 Å². The lowest BCUT2D eigenvalue weighted by molar-refractivity contribution is 0.0695. The van der Waals surface area contributed by atoms with Gasteiger partial charge in [0.1, 0.15) is 22.9 Å². The van der Waals surface area contributed by atoms with Crippen LogP contribution in [0.2, 0.25) is 0 Å². The molecule has 1 unspecified atom stereocenters. The Morgan fingerprint density at radius 3 is 2.80 bits per heavy atom. The second kappa shape index (κ2) is 5.88. The van der Waals surface area contributed by atoms with Crippen molar-refractivity contribution in [3.8, 4) is 0 Å². The molecule has 0 aliphatic rings. The smallest absolute Gasteiger partial charge is 0.339 e. The van der Waals surface area contributed by atoms with Crippen molar-refractivity contribution in [2.24, 2.45) is 0 Å². The van der Waals surface area contributed by atoms with Crippen LogP contribution in [0.4, 0.5) is 4.39 Å². The fraction of sp³-hybridized carbons (Fsp3) is 0.267. The van der Waals surface area contributed by atoms with E-state index in [1.54, 1.807) is 13.0 Å². The molecule has 0 saturated heterocycles. The molecule has 0 saturated carbocycles. The van der Waals surface area contributed by atoms with Gasteiger partial charge in [0, 0.05) is 6.04 Å². The monoisotopic (exact) mass is 277 g/mol. The zero-order valence-corrected chi connectivity index (χ0v) is 11.3. The first-order valence-electron chi connectivity index (χ1n) is 6.29. The standard InChI is InChI=1S/C15H16FNO3/c1-9(11-4-3-5-12(16)6-11)17-8-13-7-14(15(18)19)10(2)20-13/h3-7,9,17H,8H2,1-2H3,(H,18,19). The van der Waals surface area contributed by atoms with Crippen LogP contribution >= 0.6 is 0 Å². The largest absolute Gasteiger partial charge is 0.478 e. The molecule has 0 aliphatic carbocycles. The molecule has 4 nitrogen and oxygen atoms in total. The van der Waals surface area contributed by atoms with Crippen molar-refractivity contribution in [3.63, 3.8) is 0 Å². The van der Waals surface area contributed by atoms with Gasteiger partial charge in [-0.2, -0.15) is 0 Å². The lowest BCUT2D eigenvalue weighted by Gasteiger charge is -2.13. The second-order valence-electron chi connectivity index (χ2n) is 4.65. The van der Waals surface area contributed by atoms with Gasteiger partial charge in [0.05, 0.1) is 6.54 Å². The van der Waals surface area contributed by atoms with Gasteiger partial charge in [0.25, 0.3) is 0 Å². The Balaban J connectivity index is 2.01. The normalized spacial score (nSPS) is 12.3. The number of nitrogens with one attached hydrogen (secondary N) is 1. The Labute approximate surface area is 116 Å². The summed E-state index contributed by atoms with van der Waals surface area (Å²) in [6.45, 7) is 3.90. The van der Waals surface area contributed by atoms with E-state index in [0.29, 0.717) is 18.1 Å². The van der Waals surface area contributed by atoms with Gasteiger partial charge in [-0.05, 0) is 37.6 Å². The highest BCUT2D eigenvalue weighted by atomic mass is 19.1. The maximum Gasteiger partial charge on any atom is 0.339 e. The van der Waals surface area contributed by atoms with Gasteiger partial charge in [-0.1, -0.05) is 12.1 Å². The third kappa shape index (κ3) is 3.24. The van der Waals surface area contributed by atoms with E-state index < -0.39 is 5.97 Å². The summed E-state index contributed by atoms with van der Waals surface area (Å²) in [5.74, 6) is -0.357. The molecule has 1 atom stereocenters. The number of rotatable bonds is 5. The average molecular weight is 277 g/mol. The van der Waals surface area contributed by atoms with Crippen LogP contribution in [0.5, 0.6) is 0 Å². The minimum Gasteiger partial charge on any atom is -0.478 e. The quantitative estimate of drug-likeness (QED) is 0.880. The van der Waals surface area contributed by atoms with Crippen LogP contribution in [0.1, 0.15) is 40.4 Å². The highest BCUT2D eigenvalue weighted by Crippen LogP contribution is 2.17. The summed E-state index contributed by atoms with van der Waals surface area (Å²) in [7, 11) is 0. The van der Waals surface area contributed by atoms with Crippen molar-refractivity contribution in [2.75, 3.05) is 0 Å². The zero-order chi connectivity index (χ0) is 14.7. The number of benzene rings is 1. The van der Waals surface area contributed by atoms with E-state index in [-0.39, 0.29) is 17.4 Å². The van der Waals surface area contributed by atoms with E-state index in [9.17, 15) is 9.18 Å². The first-order chi connectivity index (χ1) is 9.47. The van der Waals surface area contributed by atoms with Crippen LogP contribution in [0.15, 0.2) is 34.7 Å². The summed E-state index contributed by atoms with van der Waals surface area (Å²) >= 11 is 0. The highest BCUT2D eigenvalue weighted by molar-refractivity contribution is 5.88. The van der Waals surface area contributed by atoms with Crippen molar-refractivity contribution < 1.29 is 18.7 Å². The van der Waals surface area contributed by atoms with Gasteiger partial charge >= 0.3 is 5.97 Å². The summed E-state index contributed by atoms with van der Waals surface area (Å²) in [4.78, 5) is 10.9. The van der Waals surface area contributed by atoms with Crippen LogP contribution in [0.3, 0.4) is 0 Å². The topological polar surface area (TPSA) is 62.5 Å². The minimum absolute atomic E-state index is 0.0654. The molecule has 0 radical (unpaired) electrons. The van der Waals surface area contributed by atoms with Gasteiger partial charge in [0.15, 0.2) is 0 Å². The molecular formula is C15H16FNO3. The molecule has 0 spiro atoms. The van der Waals surface area contributed by atoms with Crippen molar-refractivity contribution in [2.45, 2.75) is 26.4 Å². The number of carboxylic acids is 1. The third-order valence-corrected chi connectivity index (χ3v) is 3.13. The van der Waals surface area contributed by atoms with E-state index in [1.807, 2.05) is 13.0 Å². The van der Waals surface area contributed by atoms with E-state index >= 15 is 0 Å². The third-order valence-electron chi connectivity index (χ3n) is 3.13. The fourth-order valence-electron chi connectivity index (χ4n) is 1.99. The van der Waals surface area contributed by atoms with Crippen LogP contribution < -0.4 is 5.32 Å². The number of halogens is 1. The molecule has 20 heavy (non-hydrogen) atoms. The summed E-state index contributed by atoms with van der Waals surface area (Å²) in [6.07, 6.45) is 0. The Morgan fingerprint density at radius 1 is 1.45 bits per heavy atom. The number of aryl methyl sites for hydroxylation is 1. The van der Waals surface area contributed by atoms with E-state index in [2.05, 4.69) is 5.32 Å². The van der Waals surface area contributed by atoms with Crippen molar-refractivity contribution in [1.82, 2.24) is 5.32 Å². The lowest BCUT2D eigenvalue weighted by Crippen LogP contribution is -2.17. The molecule has 106 valence electrons. The lowest BCUT2D eigenvalue weighted by atomic mass is 10.1. The molecule has 1 aromatic carbocycles. The minimum atomic E-state index is -1.00. The summed E-state index contributed by atoms with van der Waals surface area (Å²) in [5, 5.41) is 12.1. The predicted molar refractivity (Wildman–Crippen MR) is 72.1 cm³/mol. The molecule has 0 amide bonds. The van der Waals surface area contributed by atoms with Gasteiger partial charge in [0.2, 0.25) is 0 Å². The molecule has 0 bridgehead atoms. The Morgan fingerprint density at radius 2 is 2.20 bits per heavy atom. The van der Waals surface area contributed by atoms with Crippen LogP contribution in [0.25, 0.3) is 0 Å². The fourth-order valence-corrected chi connectivity index (χ4v) is 1.99. The number of hydrogen-bond donors (Lipinski definition) is 2. The Hall–Kier alpha value is -2.14. The molecule has 2 N–H and O–H groups in total. The Kier molecular flexibility index (Phi) is 4.20. The molecule has 1 aromatic heterocycles. The van der Waals surface area contributed by atoms with Crippen LogP contribution in [-0.2, 0) is 6.54 Å². The van der Waals surface area contributed by atoms with Crippen LogP contribution in [-0.4, -0.2) is 11.1 Å². The average Bonchev–Trinajstić information content (AvgIpc) is 2.77. The summed E-state index contributed by atoms with van der Waals surface area (Å²) in [6, 6.07) is 7.78. The predicted octanol–water partition coefficient (Wildman–Crippen LogP) is 3.28. The van der Waals surface area contributed by atoms with Gasteiger partial charge < -0.3 is 14.8 Å². The second-order valence-corrected chi connectivity index (χ2v) is 4.65. The molecule has 2 aromatic rings. The number of carboxylic acid groups (broad SMARTS) is 1. The van der Waals surface area contributed by atoms with Gasteiger partial charge in [-0.3, -0.25) is 0 Å². The van der Waals surface area contributed by atoms with E-state index in [4.69, 9.17) is 9.52 Å². The van der Waals surface area contributed by atoms with Crippen molar-refractivity contribution >= 4 is 5.97 Å². The Bertz CT molecular complexity index is 621. The van der Waals surface area contributed by atoms with E-state index in [1.165, 1.54) is 18.2 Å². The van der Waals surface area contributed by atoms with Gasteiger partial charge in [-0.25, -0.2) is 9.18 Å². The summed E-state index contributed by atoms with van der Waals surface area (Å²) in [5.41, 5.74) is 0.993. The number of hydrogen-bond acceptors (Lipinski definition) is 3. The van der Waals surface area contributed by atoms with Crippen LogP contribution in [0, 0.1) is 12.7 Å². The number of aromatic carboxylic acids is 1. The first-order valence-corrected chi connectivity index (χ1v) is 6.29. The molecular weight excluding hydrogens is 261 g/mol. The number of furan rings is 1. The maximum atomic E-state index is 13.1. The SMILES string of the molecule is Cc1oc(CNC(C)c2cccc(F)c2)cc1C(=O)O. The molecule has 2 rings (SSSR count). The highest BCUT2D eigenvalue weighted by Gasteiger charge is 2.14. The zero-order valence-electron chi connectivity index (χ0n) is 11.3. The molecule has 5 heteroatoms. The number of carbonyl (C=O) groups is 1. The van der Waals surface area contributed by atoms with E-state index in [0.717, 1.165) is 5.56 Å².